The average molecular weight is 359 g/mol. The van der Waals surface area contributed by atoms with Crippen LogP contribution >= 0.6 is 11.6 Å². The highest BCUT2D eigenvalue weighted by atomic mass is 35.5. The predicted octanol–water partition coefficient (Wildman–Crippen LogP) is 3.45. The van der Waals surface area contributed by atoms with Crippen LogP contribution < -0.4 is 4.74 Å². The van der Waals surface area contributed by atoms with Crippen molar-refractivity contribution >= 4 is 17.5 Å². The normalized spacial score (nSPS) is 15.9. The Balaban J connectivity index is 1.47. The Morgan fingerprint density at radius 1 is 0.960 bits per heavy atom. The minimum Gasteiger partial charge on any atom is -0.492 e. The molecule has 0 aromatic heterocycles. The number of para-hydroxylation sites is 1. The largest absolute Gasteiger partial charge is 0.492 e. The van der Waals surface area contributed by atoms with Crippen LogP contribution in [-0.4, -0.2) is 48.5 Å². The average Bonchev–Trinajstić information content (AvgIpc) is 2.80. The fourth-order valence-electron chi connectivity index (χ4n) is 2.94. The van der Waals surface area contributed by atoms with Crippen LogP contribution in [0.25, 0.3) is 0 Å². The molecule has 0 atom stereocenters. The van der Waals surface area contributed by atoms with Crippen molar-refractivity contribution in [1.29, 1.82) is 0 Å². The number of nitrogens with zero attached hydrogens (tertiary/aromatic N) is 2. The Labute approximate surface area is 154 Å². The van der Waals surface area contributed by atoms with Gasteiger partial charge in [0.1, 0.15) is 12.4 Å². The molecule has 0 N–H and O–H groups in total. The molecule has 25 heavy (non-hydrogen) atoms. The van der Waals surface area contributed by atoms with E-state index in [1.54, 1.807) is 0 Å². The summed E-state index contributed by atoms with van der Waals surface area (Å²) in [4.78, 5) is 16.6. The molecule has 0 spiro atoms. The molecule has 4 nitrogen and oxygen atoms in total. The number of hydrogen-bond donors (Lipinski definition) is 0. The molecule has 5 heteroatoms. The second-order valence-electron chi connectivity index (χ2n) is 6.19. The first-order valence-corrected chi connectivity index (χ1v) is 9.01. The van der Waals surface area contributed by atoms with E-state index in [2.05, 4.69) is 4.90 Å². The Morgan fingerprint density at radius 3 is 2.48 bits per heavy atom. The van der Waals surface area contributed by atoms with Gasteiger partial charge in [0.25, 0.3) is 0 Å². The van der Waals surface area contributed by atoms with Gasteiger partial charge in [-0.15, -0.1) is 0 Å². The van der Waals surface area contributed by atoms with Crippen molar-refractivity contribution in [3.05, 3.63) is 65.2 Å². The molecule has 1 fully saturated rings. The summed E-state index contributed by atoms with van der Waals surface area (Å²) < 4.78 is 5.71. The van der Waals surface area contributed by atoms with E-state index in [-0.39, 0.29) is 5.91 Å². The minimum absolute atomic E-state index is 0.204. The minimum atomic E-state index is 0.204. The van der Waals surface area contributed by atoms with Gasteiger partial charge in [-0.3, -0.25) is 9.69 Å². The lowest BCUT2D eigenvalue weighted by atomic mass is 10.2. The summed E-state index contributed by atoms with van der Waals surface area (Å²) in [5, 5.41) is 0.749. The molecule has 1 saturated heterocycles. The molecule has 0 bridgehead atoms. The Kier molecular flexibility index (Phi) is 6.31. The highest BCUT2D eigenvalue weighted by molar-refractivity contribution is 6.30. The molecular weight excluding hydrogens is 336 g/mol. The molecule has 132 valence electrons. The van der Waals surface area contributed by atoms with E-state index in [0.717, 1.165) is 37.0 Å². The molecule has 0 aliphatic carbocycles. The van der Waals surface area contributed by atoms with Crippen molar-refractivity contribution in [2.75, 3.05) is 32.8 Å². The van der Waals surface area contributed by atoms with Crippen molar-refractivity contribution < 1.29 is 9.53 Å². The molecule has 0 radical (unpaired) electrons. The number of hydrogen-bond acceptors (Lipinski definition) is 3. The van der Waals surface area contributed by atoms with Crippen LogP contribution in [0.4, 0.5) is 0 Å². The van der Waals surface area contributed by atoms with Crippen LogP contribution in [0.3, 0.4) is 0 Å². The number of ether oxygens (including phenoxy) is 1. The summed E-state index contributed by atoms with van der Waals surface area (Å²) >= 11 is 5.93. The van der Waals surface area contributed by atoms with Gasteiger partial charge in [-0.2, -0.15) is 0 Å². The summed E-state index contributed by atoms with van der Waals surface area (Å²) in [6, 6.07) is 17.6. The summed E-state index contributed by atoms with van der Waals surface area (Å²) in [7, 11) is 0. The Morgan fingerprint density at radius 2 is 1.72 bits per heavy atom. The zero-order valence-corrected chi connectivity index (χ0v) is 15.0. The van der Waals surface area contributed by atoms with Crippen molar-refractivity contribution in [1.82, 2.24) is 9.80 Å². The summed E-state index contributed by atoms with van der Waals surface area (Å²) in [5.41, 5.74) is 1.22. The number of carbonyl (C=O) groups excluding carboxylic acids is 1. The third-order valence-electron chi connectivity index (χ3n) is 4.37. The molecule has 1 amide bonds. The number of benzene rings is 2. The zero-order chi connectivity index (χ0) is 17.5. The van der Waals surface area contributed by atoms with E-state index in [4.69, 9.17) is 16.3 Å². The summed E-state index contributed by atoms with van der Waals surface area (Å²) in [5.74, 6) is 1.05. The first-order chi connectivity index (χ1) is 12.2. The summed E-state index contributed by atoms with van der Waals surface area (Å²) in [6.45, 7) is 4.40. The molecule has 1 aliphatic heterocycles. The van der Waals surface area contributed by atoms with E-state index in [1.165, 1.54) is 5.56 Å². The maximum atomic E-state index is 12.3. The maximum Gasteiger partial charge on any atom is 0.224 e. The van der Waals surface area contributed by atoms with Gasteiger partial charge in [0.05, 0.1) is 6.54 Å². The molecular formula is C20H23ClN2O2. The van der Waals surface area contributed by atoms with Crippen LogP contribution in [0.1, 0.15) is 12.0 Å². The van der Waals surface area contributed by atoms with Gasteiger partial charge in [-0.25, -0.2) is 0 Å². The maximum absolute atomic E-state index is 12.3. The van der Waals surface area contributed by atoms with Gasteiger partial charge in [0.2, 0.25) is 5.91 Å². The molecule has 0 unspecified atom stereocenters. The second-order valence-corrected chi connectivity index (χ2v) is 6.63. The molecule has 3 rings (SSSR count). The lowest BCUT2D eigenvalue weighted by Gasteiger charge is -2.22. The molecule has 1 heterocycles. The molecule has 1 aliphatic rings. The number of carbonyl (C=O) groups is 1. The van der Waals surface area contributed by atoms with Crippen molar-refractivity contribution in [2.45, 2.75) is 13.0 Å². The quantitative estimate of drug-likeness (QED) is 0.792. The van der Waals surface area contributed by atoms with Crippen LogP contribution in [-0.2, 0) is 11.3 Å². The summed E-state index contributed by atoms with van der Waals surface area (Å²) in [6.07, 6.45) is 0.554. The topological polar surface area (TPSA) is 32.8 Å². The number of rotatable bonds is 6. The van der Waals surface area contributed by atoms with E-state index in [0.29, 0.717) is 19.6 Å². The third-order valence-corrected chi connectivity index (χ3v) is 4.63. The van der Waals surface area contributed by atoms with Crippen molar-refractivity contribution in [3.8, 4) is 5.75 Å². The molecule has 2 aromatic rings. The van der Waals surface area contributed by atoms with Crippen molar-refractivity contribution in [2.24, 2.45) is 0 Å². The van der Waals surface area contributed by atoms with Crippen LogP contribution in [0, 0.1) is 0 Å². The van der Waals surface area contributed by atoms with Crippen LogP contribution in [0.15, 0.2) is 54.6 Å². The van der Waals surface area contributed by atoms with Gasteiger partial charge in [0, 0.05) is 37.6 Å². The van der Waals surface area contributed by atoms with E-state index >= 15 is 0 Å². The Bertz CT molecular complexity index is 676. The lowest BCUT2D eigenvalue weighted by Crippen LogP contribution is -2.36. The third kappa shape index (κ3) is 5.48. The van der Waals surface area contributed by atoms with Gasteiger partial charge >= 0.3 is 0 Å². The standard InChI is InChI=1S/C20H23ClN2O2/c21-18-8-6-17(7-9-18)16-22-11-10-20(24)23(13-12-22)14-15-25-19-4-2-1-3-5-19/h1-9H,10-16H2. The zero-order valence-electron chi connectivity index (χ0n) is 14.2. The lowest BCUT2D eigenvalue weighted by molar-refractivity contribution is -0.130. The number of amides is 1. The highest BCUT2D eigenvalue weighted by Gasteiger charge is 2.20. The predicted molar refractivity (Wildman–Crippen MR) is 99.9 cm³/mol. The van der Waals surface area contributed by atoms with Crippen LogP contribution in [0.5, 0.6) is 5.75 Å². The molecule has 2 aromatic carbocycles. The highest BCUT2D eigenvalue weighted by Crippen LogP contribution is 2.14. The number of halogens is 1. The first kappa shape index (κ1) is 17.8. The van der Waals surface area contributed by atoms with Gasteiger partial charge in [-0.1, -0.05) is 41.9 Å². The fourth-order valence-corrected chi connectivity index (χ4v) is 3.07. The van der Waals surface area contributed by atoms with Gasteiger partial charge in [-0.05, 0) is 29.8 Å². The van der Waals surface area contributed by atoms with Crippen LogP contribution in [0.2, 0.25) is 5.02 Å². The second kappa shape index (κ2) is 8.88. The van der Waals surface area contributed by atoms with Crippen molar-refractivity contribution in [3.63, 3.8) is 0 Å². The van der Waals surface area contributed by atoms with Gasteiger partial charge < -0.3 is 9.64 Å². The SMILES string of the molecule is O=C1CCN(Cc2ccc(Cl)cc2)CCN1CCOc1ccccc1. The van der Waals surface area contributed by atoms with E-state index in [1.807, 2.05) is 59.5 Å². The Hall–Kier alpha value is -2.04. The van der Waals surface area contributed by atoms with Gasteiger partial charge in [0.15, 0.2) is 0 Å². The first-order valence-electron chi connectivity index (χ1n) is 8.63. The van der Waals surface area contributed by atoms with E-state index in [9.17, 15) is 4.79 Å². The molecule has 0 saturated carbocycles. The van der Waals surface area contributed by atoms with E-state index < -0.39 is 0 Å². The smallest absolute Gasteiger partial charge is 0.224 e. The monoisotopic (exact) mass is 358 g/mol. The fraction of sp³-hybridized carbons (Fsp3) is 0.350.